The molecule has 0 spiro atoms. The molecule has 0 atom stereocenters. The summed E-state index contributed by atoms with van der Waals surface area (Å²) in [5, 5.41) is 1.66. The van der Waals surface area contributed by atoms with E-state index >= 15 is 0 Å². The quantitative estimate of drug-likeness (QED) is 0.649. The minimum atomic E-state index is -0.268. The van der Waals surface area contributed by atoms with Crippen molar-refractivity contribution < 1.29 is 4.79 Å². The molecule has 0 bridgehead atoms. The first-order chi connectivity index (χ1) is 9.60. The first-order valence-electron chi connectivity index (χ1n) is 6.15. The molecule has 0 fully saturated rings. The monoisotopic (exact) mass is 272 g/mol. The molecular weight excluding hydrogens is 256 g/mol. The Morgan fingerprint density at radius 1 is 1.30 bits per heavy atom. The highest BCUT2D eigenvalue weighted by atomic mass is 16.1. The highest BCUT2D eigenvalue weighted by molar-refractivity contribution is 5.71. The van der Waals surface area contributed by atoms with Gasteiger partial charge in [0.05, 0.1) is 6.54 Å². The van der Waals surface area contributed by atoms with Gasteiger partial charge in [0.25, 0.3) is 5.56 Å². The topological polar surface area (TPSA) is 67.2 Å². The normalized spacial score (nSPS) is 10.6. The van der Waals surface area contributed by atoms with E-state index in [0.29, 0.717) is 18.8 Å². The second kappa shape index (κ2) is 6.12. The number of nitrogens with zero attached hydrogens (tertiary/aromatic N) is 3. The summed E-state index contributed by atoms with van der Waals surface area (Å²) in [6.07, 6.45) is 0.565. The minimum absolute atomic E-state index is 0.115. The van der Waals surface area contributed by atoms with Gasteiger partial charge < -0.3 is 0 Å². The molecule has 6 heteroatoms. The maximum Gasteiger partial charge on any atom is 0.255 e. The third-order valence-corrected chi connectivity index (χ3v) is 2.66. The molecule has 104 valence electrons. The van der Waals surface area contributed by atoms with E-state index in [1.165, 1.54) is 10.6 Å². The third kappa shape index (κ3) is 3.30. The Kier molecular flexibility index (Phi) is 4.27. The van der Waals surface area contributed by atoms with Crippen LogP contribution in [-0.2, 0) is 6.54 Å². The number of hydrazine groups is 1. The Bertz CT molecular complexity index is 650. The SMILES string of the molecule is CN(C)Nc1nc(C=O)cc(=O)n1Cc1ccccc1. The van der Waals surface area contributed by atoms with E-state index in [9.17, 15) is 9.59 Å². The maximum atomic E-state index is 12.1. The van der Waals surface area contributed by atoms with Crippen molar-refractivity contribution >= 4 is 12.2 Å². The standard InChI is InChI=1S/C14H16N4O2/c1-17(2)16-14-15-12(10-19)8-13(20)18(14)9-11-6-4-3-5-7-11/h3-8,10H,9H2,1-2H3,(H,15,16). The molecule has 6 nitrogen and oxygen atoms in total. The summed E-state index contributed by atoms with van der Waals surface area (Å²) in [4.78, 5) is 27.1. The van der Waals surface area contributed by atoms with Crippen molar-refractivity contribution in [2.24, 2.45) is 0 Å². The zero-order valence-electron chi connectivity index (χ0n) is 11.4. The number of aromatic nitrogens is 2. The molecule has 0 unspecified atom stereocenters. The Hall–Kier alpha value is -2.47. The second-order valence-electron chi connectivity index (χ2n) is 4.54. The van der Waals surface area contributed by atoms with Gasteiger partial charge in [-0.15, -0.1) is 0 Å². The lowest BCUT2D eigenvalue weighted by molar-refractivity contribution is 0.111. The summed E-state index contributed by atoms with van der Waals surface area (Å²) in [6, 6.07) is 10.8. The van der Waals surface area contributed by atoms with Gasteiger partial charge in [-0.05, 0) is 5.56 Å². The van der Waals surface area contributed by atoms with E-state index in [4.69, 9.17) is 0 Å². The molecule has 0 aliphatic rings. The van der Waals surface area contributed by atoms with Crippen molar-refractivity contribution in [1.29, 1.82) is 0 Å². The Labute approximate surface area is 116 Å². The van der Waals surface area contributed by atoms with Crippen LogP contribution in [0.15, 0.2) is 41.2 Å². The molecule has 1 N–H and O–H groups in total. The van der Waals surface area contributed by atoms with Crippen LogP contribution in [0, 0.1) is 0 Å². The summed E-state index contributed by atoms with van der Waals surface area (Å²) < 4.78 is 1.49. The molecule has 20 heavy (non-hydrogen) atoms. The second-order valence-corrected chi connectivity index (χ2v) is 4.54. The molecule has 1 heterocycles. The summed E-state index contributed by atoms with van der Waals surface area (Å²) in [7, 11) is 3.57. The molecule has 0 amide bonds. The van der Waals surface area contributed by atoms with E-state index in [0.717, 1.165) is 5.56 Å². The molecule has 0 aliphatic heterocycles. The fraction of sp³-hybridized carbons (Fsp3) is 0.214. The van der Waals surface area contributed by atoms with E-state index in [-0.39, 0.29) is 11.3 Å². The average Bonchev–Trinajstić information content (AvgIpc) is 2.43. The van der Waals surface area contributed by atoms with Gasteiger partial charge in [-0.2, -0.15) is 0 Å². The van der Waals surface area contributed by atoms with Crippen LogP contribution in [0.5, 0.6) is 0 Å². The van der Waals surface area contributed by atoms with Gasteiger partial charge in [0.15, 0.2) is 6.29 Å². The van der Waals surface area contributed by atoms with Crippen LogP contribution in [0.1, 0.15) is 16.1 Å². The van der Waals surface area contributed by atoms with Crippen LogP contribution in [-0.4, -0.2) is 34.9 Å². The number of carbonyl (C=O) groups excluding carboxylic acids is 1. The van der Waals surface area contributed by atoms with Crippen molar-refractivity contribution in [3.63, 3.8) is 0 Å². The number of rotatable bonds is 5. The molecule has 0 radical (unpaired) electrons. The van der Waals surface area contributed by atoms with Crippen molar-refractivity contribution in [2.45, 2.75) is 6.54 Å². The fourth-order valence-electron chi connectivity index (χ4n) is 1.79. The third-order valence-electron chi connectivity index (χ3n) is 2.66. The molecule has 1 aromatic heterocycles. The van der Waals surface area contributed by atoms with Crippen LogP contribution in [0.3, 0.4) is 0 Å². The first-order valence-corrected chi connectivity index (χ1v) is 6.15. The van der Waals surface area contributed by atoms with Crippen LogP contribution >= 0.6 is 0 Å². The van der Waals surface area contributed by atoms with Gasteiger partial charge in [0.2, 0.25) is 5.95 Å². The van der Waals surface area contributed by atoms with Crippen molar-refractivity contribution in [2.75, 3.05) is 19.5 Å². The molecule has 0 aliphatic carbocycles. The predicted octanol–water partition coefficient (Wildman–Crippen LogP) is 0.993. The number of anilines is 1. The highest BCUT2D eigenvalue weighted by Gasteiger charge is 2.09. The van der Waals surface area contributed by atoms with Gasteiger partial charge in [-0.25, -0.2) is 9.99 Å². The average molecular weight is 272 g/mol. The first kappa shape index (κ1) is 14.0. The van der Waals surface area contributed by atoms with Gasteiger partial charge in [0, 0.05) is 20.2 Å². The molecule has 0 saturated carbocycles. The molecule has 1 aromatic carbocycles. The van der Waals surface area contributed by atoms with Crippen LogP contribution < -0.4 is 11.0 Å². The number of nitrogens with one attached hydrogen (secondary N) is 1. The predicted molar refractivity (Wildman–Crippen MR) is 76.7 cm³/mol. The summed E-state index contributed by atoms with van der Waals surface area (Å²) >= 11 is 0. The number of aldehydes is 1. The zero-order valence-corrected chi connectivity index (χ0v) is 11.4. The van der Waals surface area contributed by atoms with Crippen molar-refractivity contribution in [1.82, 2.24) is 14.6 Å². The van der Waals surface area contributed by atoms with Gasteiger partial charge >= 0.3 is 0 Å². The Morgan fingerprint density at radius 2 is 2.00 bits per heavy atom. The summed E-state index contributed by atoms with van der Waals surface area (Å²) in [5.41, 5.74) is 3.77. The van der Waals surface area contributed by atoms with E-state index < -0.39 is 0 Å². The Morgan fingerprint density at radius 3 is 2.60 bits per heavy atom. The summed E-state index contributed by atoms with van der Waals surface area (Å²) in [6.45, 7) is 0.391. The van der Waals surface area contributed by atoms with Gasteiger partial charge in [-0.1, -0.05) is 30.3 Å². The maximum absolute atomic E-state index is 12.1. The van der Waals surface area contributed by atoms with Crippen LogP contribution in [0.4, 0.5) is 5.95 Å². The number of benzene rings is 1. The number of hydrogen-bond donors (Lipinski definition) is 1. The molecule has 2 rings (SSSR count). The van der Waals surface area contributed by atoms with Crippen LogP contribution in [0.25, 0.3) is 0 Å². The van der Waals surface area contributed by atoms with E-state index in [1.807, 2.05) is 30.3 Å². The zero-order chi connectivity index (χ0) is 14.5. The minimum Gasteiger partial charge on any atom is -0.296 e. The fourth-order valence-corrected chi connectivity index (χ4v) is 1.79. The van der Waals surface area contributed by atoms with Crippen molar-refractivity contribution in [3.05, 3.63) is 58.0 Å². The lowest BCUT2D eigenvalue weighted by Crippen LogP contribution is -2.30. The molecular formula is C14H16N4O2. The molecule has 0 saturated heterocycles. The smallest absolute Gasteiger partial charge is 0.255 e. The number of carbonyl (C=O) groups is 1. The van der Waals surface area contributed by atoms with E-state index in [1.54, 1.807) is 19.1 Å². The van der Waals surface area contributed by atoms with Gasteiger partial charge in [0.1, 0.15) is 5.69 Å². The highest BCUT2D eigenvalue weighted by Crippen LogP contribution is 2.07. The van der Waals surface area contributed by atoms with Crippen LogP contribution in [0.2, 0.25) is 0 Å². The summed E-state index contributed by atoms with van der Waals surface area (Å²) in [5.74, 6) is 0.341. The largest absolute Gasteiger partial charge is 0.296 e. The van der Waals surface area contributed by atoms with Crippen molar-refractivity contribution in [3.8, 4) is 0 Å². The lowest BCUT2D eigenvalue weighted by atomic mass is 10.2. The Balaban J connectivity index is 2.44. The number of hydrogen-bond acceptors (Lipinski definition) is 5. The molecule has 2 aromatic rings. The van der Waals surface area contributed by atoms with Gasteiger partial charge in [-0.3, -0.25) is 19.6 Å². The lowest BCUT2D eigenvalue weighted by Gasteiger charge is -2.17. The van der Waals surface area contributed by atoms with E-state index in [2.05, 4.69) is 10.4 Å².